The maximum Gasteiger partial charge on any atom is 0.0684 e. The van der Waals surface area contributed by atoms with Crippen molar-refractivity contribution in [2.75, 3.05) is 13.1 Å². The number of aromatic nitrogens is 1. The molecule has 4 rings (SSSR count). The summed E-state index contributed by atoms with van der Waals surface area (Å²) in [6.07, 6.45) is 7.24. The number of hydrogen-bond acceptors (Lipinski definition) is 3. The van der Waals surface area contributed by atoms with Gasteiger partial charge in [0.2, 0.25) is 0 Å². The van der Waals surface area contributed by atoms with Gasteiger partial charge in [0.15, 0.2) is 0 Å². The minimum absolute atomic E-state index is 0.142. The van der Waals surface area contributed by atoms with Gasteiger partial charge in [0.05, 0.1) is 6.61 Å². The first-order valence-electron chi connectivity index (χ1n) is 10.2. The van der Waals surface area contributed by atoms with Crippen molar-refractivity contribution in [3.05, 3.63) is 89.7 Å². The maximum atomic E-state index is 9.55. The highest BCUT2D eigenvalue weighted by Crippen LogP contribution is 2.25. The van der Waals surface area contributed by atoms with E-state index < -0.39 is 0 Å². The van der Waals surface area contributed by atoms with E-state index in [1.54, 1.807) is 0 Å². The van der Waals surface area contributed by atoms with Crippen molar-refractivity contribution in [2.45, 2.75) is 32.4 Å². The predicted molar refractivity (Wildman–Crippen MR) is 114 cm³/mol. The van der Waals surface area contributed by atoms with Gasteiger partial charge in [0, 0.05) is 18.9 Å². The quantitative estimate of drug-likeness (QED) is 0.682. The van der Waals surface area contributed by atoms with E-state index in [0.717, 1.165) is 31.6 Å². The van der Waals surface area contributed by atoms with Crippen LogP contribution >= 0.6 is 0 Å². The first-order valence-corrected chi connectivity index (χ1v) is 10.2. The molecule has 3 aromatic rings. The number of rotatable bonds is 6. The molecule has 1 aliphatic heterocycles. The van der Waals surface area contributed by atoms with Crippen molar-refractivity contribution in [3.63, 3.8) is 0 Å². The Hall–Kier alpha value is -2.49. The topological polar surface area (TPSA) is 36.4 Å². The van der Waals surface area contributed by atoms with Crippen LogP contribution in [0.5, 0.6) is 0 Å². The Bertz CT molecular complexity index is 886. The highest BCUT2D eigenvalue weighted by molar-refractivity contribution is 5.63. The Balaban J connectivity index is 1.34. The summed E-state index contributed by atoms with van der Waals surface area (Å²) in [5, 5.41) is 9.55. The molecule has 0 amide bonds. The number of benzene rings is 2. The third-order valence-electron chi connectivity index (χ3n) is 5.85. The van der Waals surface area contributed by atoms with Crippen LogP contribution < -0.4 is 0 Å². The van der Waals surface area contributed by atoms with Gasteiger partial charge in [-0.05, 0) is 84.3 Å². The van der Waals surface area contributed by atoms with Gasteiger partial charge in [-0.1, -0.05) is 42.5 Å². The molecule has 3 nitrogen and oxygen atoms in total. The van der Waals surface area contributed by atoms with E-state index in [9.17, 15) is 5.11 Å². The molecule has 0 unspecified atom stereocenters. The standard InChI is InChI=1S/C25H28N2O/c28-19-25-6-2-1-5-24(25)16-20-10-14-27(15-11-20)18-21-4-3-7-23(17-21)22-8-12-26-13-9-22/h1-9,12-13,17,20,28H,10-11,14-16,18-19H2. The van der Waals surface area contributed by atoms with Gasteiger partial charge in [-0.3, -0.25) is 9.88 Å². The molecule has 2 heterocycles. The summed E-state index contributed by atoms with van der Waals surface area (Å²) >= 11 is 0. The molecule has 144 valence electrons. The zero-order valence-electron chi connectivity index (χ0n) is 16.3. The molecule has 1 fully saturated rings. The molecule has 2 aromatic carbocycles. The lowest BCUT2D eigenvalue weighted by molar-refractivity contribution is 0.176. The van der Waals surface area contributed by atoms with Gasteiger partial charge < -0.3 is 5.11 Å². The lowest BCUT2D eigenvalue weighted by atomic mass is 9.88. The SMILES string of the molecule is OCc1ccccc1CC1CCN(Cc2cccc(-c3ccncc3)c2)CC1. The van der Waals surface area contributed by atoms with E-state index >= 15 is 0 Å². The normalized spacial score (nSPS) is 15.6. The average molecular weight is 373 g/mol. The number of hydrogen-bond donors (Lipinski definition) is 1. The zero-order valence-corrected chi connectivity index (χ0v) is 16.3. The number of aliphatic hydroxyl groups is 1. The van der Waals surface area contributed by atoms with Crippen LogP contribution in [-0.2, 0) is 19.6 Å². The van der Waals surface area contributed by atoms with Gasteiger partial charge in [0.1, 0.15) is 0 Å². The van der Waals surface area contributed by atoms with Gasteiger partial charge >= 0.3 is 0 Å². The lowest BCUT2D eigenvalue weighted by Gasteiger charge is -2.32. The second-order valence-corrected chi connectivity index (χ2v) is 7.79. The van der Waals surface area contributed by atoms with E-state index in [1.807, 2.05) is 24.5 Å². The van der Waals surface area contributed by atoms with Gasteiger partial charge in [0.25, 0.3) is 0 Å². The van der Waals surface area contributed by atoms with E-state index in [1.165, 1.54) is 35.1 Å². The molecule has 1 aliphatic rings. The highest BCUT2D eigenvalue weighted by Gasteiger charge is 2.20. The van der Waals surface area contributed by atoms with Crippen LogP contribution in [0.25, 0.3) is 11.1 Å². The molecule has 28 heavy (non-hydrogen) atoms. The van der Waals surface area contributed by atoms with Crippen molar-refractivity contribution in [3.8, 4) is 11.1 Å². The number of aliphatic hydroxyl groups excluding tert-OH is 1. The molecule has 1 N–H and O–H groups in total. The average Bonchev–Trinajstić information content (AvgIpc) is 2.76. The summed E-state index contributed by atoms with van der Waals surface area (Å²) < 4.78 is 0. The fourth-order valence-electron chi connectivity index (χ4n) is 4.22. The van der Waals surface area contributed by atoms with E-state index in [4.69, 9.17) is 0 Å². The summed E-state index contributed by atoms with van der Waals surface area (Å²) in [7, 11) is 0. The molecule has 0 spiro atoms. The summed E-state index contributed by atoms with van der Waals surface area (Å²) in [5.41, 5.74) is 6.25. The smallest absolute Gasteiger partial charge is 0.0684 e. The summed E-state index contributed by atoms with van der Waals surface area (Å²) in [4.78, 5) is 6.68. The van der Waals surface area contributed by atoms with Crippen molar-refractivity contribution < 1.29 is 5.11 Å². The van der Waals surface area contributed by atoms with Crippen LogP contribution in [0.1, 0.15) is 29.5 Å². The van der Waals surface area contributed by atoms with Crippen molar-refractivity contribution >= 4 is 0 Å². The Labute approximate surface area is 167 Å². The molecular weight excluding hydrogens is 344 g/mol. The van der Waals surface area contributed by atoms with Crippen LogP contribution in [-0.4, -0.2) is 28.1 Å². The first kappa shape index (κ1) is 18.9. The number of pyridine rings is 1. The second kappa shape index (κ2) is 9.13. The summed E-state index contributed by atoms with van der Waals surface area (Å²) in [6.45, 7) is 3.44. The van der Waals surface area contributed by atoms with Crippen molar-refractivity contribution in [1.82, 2.24) is 9.88 Å². The molecule has 3 heteroatoms. The van der Waals surface area contributed by atoms with Crippen LogP contribution in [0.15, 0.2) is 73.1 Å². The van der Waals surface area contributed by atoms with Crippen molar-refractivity contribution in [2.24, 2.45) is 5.92 Å². The molecule has 1 aromatic heterocycles. The second-order valence-electron chi connectivity index (χ2n) is 7.79. The van der Waals surface area contributed by atoms with Crippen LogP contribution in [0.4, 0.5) is 0 Å². The Morgan fingerprint density at radius 3 is 2.36 bits per heavy atom. The van der Waals surface area contributed by atoms with Gasteiger partial charge in [-0.2, -0.15) is 0 Å². The molecule has 0 atom stereocenters. The molecular formula is C25H28N2O. The van der Waals surface area contributed by atoms with Crippen molar-refractivity contribution in [1.29, 1.82) is 0 Å². The molecule has 0 saturated carbocycles. The molecule has 0 bridgehead atoms. The maximum absolute atomic E-state index is 9.55. The van der Waals surface area contributed by atoms with E-state index in [-0.39, 0.29) is 6.61 Å². The minimum Gasteiger partial charge on any atom is -0.392 e. The monoisotopic (exact) mass is 372 g/mol. The third-order valence-corrected chi connectivity index (χ3v) is 5.85. The highest BCUT2D eigenvalue weighted by atomic mass is 16.3. The number of piperidine rings is 1. The predicted octanol–water partition coefficient (Wildman–Crippen LogP) is 4.70. The van der Waals surface area contributed by atoms with E-state index in [0.29, 0.717) is 5.92 Å². The fourth-order valence-corrected chi connectivity index (χ4v) is 4.22. The van der Waals surface area contributed by atoms with Gasteiger partial charge in [-0.15, -0.1) is 0 Å². The molecule has 0 aliphatic carbocycles. The Morgan fingerprint density at radius 2 is 1.61 bits per heavy atom. The fraction of sp³-hybridized carbons (Fsp3) is 0.320. The lowest BCUT2D eigenvalue weighted by Crippen LogP contribution is -2.34. The first-order chi connectivity index (χ1) is 13.8. The minimum atomic E-state index is 0.142. The third kappa shape index (κ3) is 4.67. The summed E-state index contributed by atoms with van der Waals surface area (Å²) in [6, 6.07) is 21.3. The van der Waals surface area contributed by atoms with Crippen LogP contribution in [0.2, 0.25) is 0 Å². The molecule has 1 saturated heterocycles. The van der Waals surface area contributed by atoms with E-state index in [2.05, 4.69) is 58.4 Å². The largest absolute Gasteiger partial charge is 0.392 e. The Morgan fingerprint density at radius 1 is 0.857 bits per heavy atom. The zero-order chi connectivity index (χ0) is 19.2. The Kier molecular flexibility index (Phi) is 6.15. The molecule has 0 radical (unpaired) electrons. The number of nitrogens with zero attached hydrogens (tertiary/aromatic N) is 2. The van der Waals surface area contributed by atoms with Gasteiger partial charge in [-0.25, -0.2) is 0 Å². The summed E-state index contributed by atoms with van der Waals surface area (Å²) in [5.74, 6) is 0.715. The number of likely N-dealkylation sites (tertiary alicyclic amines) is 1. The van der Waals surface area contributed by atoms with Crippen LogP contribution in [0.3, 0.4) is 0 Å². The van der Waals surface area contributed by atoms with Crippen LogP contribution in [0, 0.1) is 5.92 Å².